The fourth-order valence-electron chi connectivity index (χ4n) is 1.66. The molecule has 96 valence electrons. The van der Waals surface area contributed by atoms with Gasteiger partial charge in [0.1, 0.15) is 0 Å². The van der Waals surface area contributed by atoms with Crippen molar-refractivity contribution < 1.29 is 0 Å². The molecule has 0 bridgehead atoms. The van der Waals surface area contributed by atoms with Crippen LogP contribution in [0.4, 0.5) is 5.69 Å². The zero-order valence-corrected chi connectivity index (χ0v) is 12.5. The van der Waals surface area contributed by atoms with Crippen molar-refractivity contribution in [1.82, 2.24) is 9.78 Å². The third kappa shape index (κ3) is 3.13. The number of nitrogens with zero attached hydrogens (tertiary/aromatic N) is 2. The van der Waals surface area contributed by atoms with E-state index in [0.717, 1.165) is 16.7 Å². The van der Waals surface area contributed by atoms with Crippen molar-refractivity contribution in [3.05, 3.63) is 46.2 Å². The molecule has 0 amide bonds. The van der Waals surface area contributed by atoms with Crippen LogP contribution in [0.3, 0.4) is 0 Å². The van der Waals surface area contributed by atoms with Crippen LogP contribution in [-0.4, -0.2) is 9.78 Å². The minimum atomic E-state index is 0.397. The van der Waals surface area contributed by atoms with Crippen LogP contribution in [0.15, 0.2) is 35.1 Å². The number of nitrogens with one attached hydrogen (secondary N) is 1. The first-order valence-electron chi connectivity index (χ1n) is 6.09. The second-order valence-corrected chi connectivity index (χ2v) is 5.59. The molecule has 1 N–H and O–H groups in total. The highest BCUT2D eigenvalue weighted by Gasteiger charge is 2.02. The van der Waals surface area contributed by atoms with Gasteiger partial charge in [0.2, 0.25) is 0 Å². The van der Waals surface area contributed by atoms with E-state index in [2.05, 4.69) is 65.3 Å². The van der Waals surface area contributed by atoms with Crippen LogP contribution in [0, 0.1) is 6.92 Å². The summed E-state index contributed by atoms with van der Waals surface area (Å²) in [5, 5.41) is 7.68. The monoisotopic (exact) mass is 307 g/mol. The topological polar surface area (TPSA) is 29.9 Å². The average molecular weight is 308 g/mol. The van der Waals surface area contributed by atoms with Crippen molar-refractivity contribution in [2.45, 2.75) is 33.4 Å². The fourth-order valence-corrected chi connectivity index (χ4v) is 2.09. The van der Waals surface area contributed by atoms with Crippen LogP contribution in [0.25, 0.3) is 0 Å². The maximum absolute atomic E-state index is 4.30. The molecule has 0 saturated heterocycles. The van der Waals surface area contributed by atoms with Gasteiger partial charge in [0.05, 0.1) is 11.9 Å². The second-order valence-electron chi connectivity index (χ2n) is 4.74. The van der Waals surface area contributed by atoms with E-state index in [0.29, 0.717) is 6.04 Å². The summed E-state index contributed by atoms with van der Waals surface area (Å²) >= 11 is 3.55. The van der Waals surface area contributed by atoms with Crippen LogP contribution >= 0.6 is 15.9 Å². The van der Waals surface area contributed by atoms with E-state index >= 15 is 0 Å². The molecular formula is C14H18BrN3. The second kappa shape index (κ2) is 5.57. The standard InChI is InChI=1S/C14H18BrN3/c1-10(2)18-9-13(8-17-18)16-7-12-5-4-11(3)14(15)6-12/h4-6,8-10,16H,7H2,1-3H3. The first-order chi connectivity index (χ1) is 8.56. The van der Waals surface area contributed by atoms with E-state index in [1.807, 2.05) is 17.1 Å². The molecule has 18 heavy (non-hydrogen) atoms. The Morgan fingerprint density at radius 2 is 2.17 bits per heavy atom. The quantitative estimate of drug-likeness (QED) is 0.919. The maximum Gasteiger partial charge on any atom is 0.0729 e. The highest BCUT2D eigenvalue weighted by molar-refractivity contribution is 9.10. The number of halogens is 1. The number of aryl methyl sites for hydroxylation is 1. The van der Waals surface area contributed by atoms with Gasteiger partial charge in [0.15, 0.2) is 0 Å². The molecule has 0 saturated carbocycles. The molecule has 1 heterocycles. The Hall–Kier alpha value is -1.29. The first-order valence-corrected chi connectivity index (χ1v) is 6.88. The summed E-state index contributed by atoms with van der Waals surface area (Å²) in [6, 6.07) is 6.81. The van der Waals surface area contributed by atoms with Gasteiger partial charge in [0.25, 0.3) is 0 Å². The number of hydrogen-bond donors (Lipinski definition) is 1. The lowest BCUT2D eigenvalue weighted by Crippen LogP contribution is -2.01. The van der Waals surface area contributed by atoms with Gasteiger partial charge < -0.3 is 5.32 Å². The molecule has 0 aliphatic rings. The van der Waals surface area contributed by atoms with Crippen LogP contribution < -0.4 is 5.32 Å². The van der Waals surface area contributed by atoms with Crippen LogP contribution in [-0.2, 0) is 6.54 Å². The highest BCUT2D eigenvalue weighted by atomic mass is 79.9. The summed E-state index contributed by atoms with van der Waals surface area (Å²) in [7, 11) is 0. The Morgan fingerprint density at radius 1 is 1.39 bits per heavy atom. The van der Waals surface area contributed by atoms with Crippen molar-refractivity contribution >= 4 is 21.6 Å². The summed E-state index contributed by atoms with van der Waals surface area (Å²) < 4.78 is 3.10. The minimum absolute atomic E-state index is 0.397. The van der Waals surface area contributed by atoms with E-state index in [-0.39, 0.29) is 0 Å². The van der Waals surface area contributed by atoms with Crippen molar-refractivity contribution in [1.29, 1.82) is 0 Å². The number of hydrogen-bond acceptors (Lipinski definition) is 2. The normalized spacial score (nSPS) is 10.9. The highest BCUT2D eigenvalue weighted by Crippen LogP contribution is 2.18. The Labute approximate surface area is 116 Å². The van der Waals surface area contributed by atoms with Gasteiger partial charge in [-0.15, -0.1) is 0 Å². The van der Waals surface area contributed by atoms with Gasteiger partial charge in [-0.3, -0.25) is 4.68 Å². The number of benzene rings is 1. The predicted molar refractivity (Wildman–Crippen MR) is 78.8 cm³/mol. The fraction of sp³-hybridized carbons (Fsp3) is 0.357. The Morgan fingerprint density at radius 3 is 2.78 bits per heavy atom. The van der Waals surface area contributed by atoms with Crippen molar-refractivity contribution in [3.8, 4) is 0 Å². The molecule has 3 nitrogen and oxygen atoms in total. The summed E-state index contributed by atoms with van der Waals surface area (Å²) in [6.07, 6.45) is 3.90. The number of anilines is 1. The summed E-state index contributed by atoms with van der Waals surface area (Å²) in [5.74, 6) is 0. The number of rotatable bonds is 4. The maximum atomic E-state index is 4.30. The lowest BCUT2D eigenvalue weighted by atomic mass is 10.1. The molecule has 1 aromatic heterocycles. The smallest absolute Gasteiger partial charge is 0.0729 e. The molecule has 0 spiro atoms. The van der Waals surface area contributed by atoms with Gasteiger partial charge in [-0.25, -0.2) is 0 Å². The molecule has 2 rings (SSSR count). The molecule has 0 unspecified atom stereocenters. The summed E-state index contributed by atoms with van der Waals surface area (Å²) in [6.45, 7) is 7.14. The molecule has 4 heteroatoms. The van der Waals surface area contributed by atoms with E-state index in [1.165, 1.54) is 11.1 Å². The van der Waals surface area contributed by atoms with E-state index in [4.69, 9.17) is 0 Å². The van der Waals surface area contributed by atoms with E-state index in [9.17, 15) is 0 Å². The Balaban J connectivity index is 2.00. The van der Waals surface area contributed by atoms with Crippen molar-refractivity contribution in [2.24, 2.45) is 0 Å². The van der Waals surface area contributed by atoms with Crippen molar-refractivity contribution in [2.75, 3.05) is 5.32 Å². The third-order valence-corrected chi connectivity index (χ3v) is 3.72. The van der Waals surface area contributed by atoms with Gasteiger partial charge >= 0.3 is 0 Å². The van der Waals surface area contributed by atoms with E-state index < -0.39 is 0 Å². The third-order valence-electron chi connectivity index (χ3n) is 2.86. The number of aromatic nitrogens is 2. The zero-order chi connectivity index (χ0) is 13.1. The van der Waals surface area contributed by atoms with Gasteiger partial charge in [-0.05, 0) is 38.0 Å². The molecule has 0 atom stereocenters. The molecule has 0 aliphatic carbocycles. The molecule has 2 aromatic rings. The van der Waals surface area contributed by atoms with Gasteiger partial charge in [-0.1, -0.05) is 28.1 Å². The molecule has 1 aromatic carbocycles. The lowest BCUT2D eigenvalue weighted by molar-refractivity contribution is 0.532. The zero-order valence-electron chi connectivity index (χ0n) is 10.9. The summed E-state index contributed by atoms with van der Waals surface area (Å²) in [4.78, 5) is 0. The van der Waals surface area contributed by atoms with Crippen molar-refractivity contribution in [3.63, 3.8) is 0 Å². The minimum Gasteiger partial charge on any atom is -0.378 e. The van der Waals surface area contributed by atoms with E-state index in [1.54, 1.807) is 0 Å². The largest absolute Gasteiger partial charge is 0.378 e. The SMILES string of the molecule is Cc1ccc(CNc2cnn(C(C)C)c2)cc1Br. The first kappa shape index (κ1) is 13.1. The Bertz CT molecular complexity index is 532. The molecule has 0 radical (unpaired) electrons. The van der Waals surface area contributed by atoms with Crippen LogP contribution in [0.2, 0.25) is 0 Å². The Kier molecular flexibility index (Phi) is 4.07. The molecule has 0 fully saturated rings. The van der Waals surface area contributed by atoms with Gasteiger partial charge in [0, 0.05) is 23.3 Å². The summed E-state index contributed by atoms with van der Waals surface area (Å²) in [5.41, 5.74) is 3.57. The average Bonchev–Trinajstić information content (AvgIpc) is 2.79. The predicted octanol–water partition coefficient (Wildman–Crippen LogP) is 4.15. The van der Waals surface area contributed by atoms with Crippen LogP contribution in [0.5, 0.6) is 0 Å². The van der Waals surface area contributed by atoms with Crippen LogP contribution in [0.1, 0.15) is 31.0 Å². The molecular weight excluding hydrogens is 290 g/mol. The van der Waals surface area contributed by atoms with Gasteiger partial charge in [-0.2, -0.15) is 5.10 Å². The lowest BCUT2D eigenvalue weighted by Gasteiger charge is -2.06. The molecule has 0 aliphatic heterocycles.